The van der Waals surface area contributed by atoms with Gasteiger partial charge in [0.15, 0.2) is 0 Å². The quantitative estimate of drug-likeness (QED) is 0.895. The Balaban J connectivity index is 0.00000144. The van der Waals surface area contributed by atoms with Gasteiger partial charge in [-0.2, -0.15) is 0 Å². The summed E-state index contributed by atoms with van der Waals surface area (Å²) in [5.41, 5.74) is 5.81. The lowest BCUT2D eigenvalue weighted by Crippen LogP contribution is -2.42. The summed E-state index contributed by atoms with van der Waals surface area (Å²) < 4.78 is 5.16. The Hall–Kier alpha value is -0.780. The zero-order chi connectivity index (χ0) is 11.5. The zero-order valence-corrected chi connectivity index (χ0v) is 11.4. The average molecular weight is 277 g/mol. The maximum absolute atomic E-state index is 12.2. The van der Waals surface area contributed by atoms with Crippen LogP contribution in [-0.2, 0) is 0 Å². The first kappa shape index (κ1) is 14.3. The van der Waals surface area contributed by atoms with E-state index in [9.17, 15) is 4.79 Å². The van der Waals surface area contributed by atoms with Crippen molar-refractivity contribution in [3.05, 3.63) is 16.3 Å². The van der Waals surface area contributed by atoms with Gasteiger partial charge in [0.05, 0.1) is 7.11 Å². The van der Waals surface area contributed by atoms with Crippen LogP contribution in [0.2, 0.25) is 0 Å². The summed E-state index contributed by atoms with van der Waals surface area (Å²) in [5, 5.41) is 1.88. The van der Waals surface area contributed by atoms with Crippen molar-refractivity contribution in [1.29, 1.82) is 0 Å². The largest absolute Gasteiger partial charge is 0.495 e. The van der Waals surface area contributed by atoms with Gasteiger partial charge in [-0.25, -0.2) is 0 Å². The van der Waals surface area contributed by atoms with Crippen molar-refractivity contribution < 1.29 is 9.53 Å². The smallest absolute Gasteiger partial charge is 0.267 e. The molecule has 1 aliphatic rings. The maximum atomic E-state index is 12.2. The monoisotopic (exact) mass is 276 g/mol. The molecule has 0 spiro atoms. The number of rotatable bonds is 2. The average Bonchev–Trinajstić information content (AvgIpc) is 2.77. The minimum atomic E-state index is 0. The van der Waals surface area contributed by atoms with Gasteiger partial charge < -0.3 is 15.4 Å². The van der Waals surface area contributed by atoms with Crippen LogP contribution >= 0.6 is 23.7 Å². The summed E-state index contributed by atoms with van der Waals surface area (Å²) in [6.07, 6.45) is 1.78. The van der Waals surface area contributed by atoms with Crippen molar-refractivity contribution in [3.63, 3.8) is 0 Å². The normalized spacial score (nSPS) is 16.5. The first-order valence-electron chi connectivity index (χ1n) is 5.38. The van der Waals surface area contributed by atoms with Crippen molar-refractivity contribution in [2.75, 3.05) is 20.2 Å². The van der Waals surface area contributed by atoms with Crippen molar-refractivity contribution in [3.8, 4) is 5.75 Å². The third-order valence-electron chi connectivity index (χ3n) is 2.87. The SMILES string of the molecule is COc1ccsc1C(=O)N1CCC(N)CC1.Cl. The number of hydrogen-bond donors (Lipinski definition) is 1. The molecule has 1 aromatic rings. The van der Waals surface area contributed by atoms with Crippen LogP contribution in [0.25, 0.3) is 0 Å². The van der Waals surface area contributed by atoms with Gasteiger partial charge in [-0.3, -0.25) is 4.79 Å². The van der Waals surface area contributed by atoms with Gasteiger partial charge >= 0.3 is 0 Å². The summed E-state index contributed by atoms with van der Waals surface area (Å²) in [6, 6.07) is 2.07. The number of thiophene rings is 1. The number of carbonyl (C=O) groups is 1. The zero-order valence-electron chi connectivity index (χ0n) is 9.72. The summed E-state index contributed by atoms with van der Waals surface area (Å²) in [7, 11) is 1.59. The second kappa shape index (κ2) is 6.23. The molecule has 96 valence electrons. The van der Waals surface area contributed by atoms with Gasteiger partial charge in [0.2, 0.25) is 0 Å². The third kappa shape index (κ3) is 3.12. The Morgan fingerprint density at radius 3 is 2.76 bits per heavy atom. The number of piperidine rings is 1. The van der Waals surface area contributed by atoms with Crippen LogP contribution in [0.1, 0.15) is 22.5 Å². The van der Waals surface area contributed by atoms with E-state index < -0.39 is 0 Å². The fourth-order valence-electron chi connectivity index (χ4n) is 1.86. The predicted octanol–water partition coefficient (Wildman–Crippen LogP) is 1.74. The first-order valence-corrected chi connectivity index (χ1v) is 6.26. The number of nitrogens with zero attached hydrogens (tertiary/aromatic N) is 1. The van der Waals surface area contributed by atoms with Gasteiger partial charge in [-0.15, -0.1) is 23.7 Å². The molecule has 1 saturated heterocycles. The minimum absolute atomic E-state index is 0. The molecule has 0 unspecified atom stereocenters. The standard InChI is InChI=1S/C11H16N2O2S.ClH/c1-15-9-4-7-16-10(9)11(14)13-5-2-8(12)3-6-13;/h4,7-8H,2-3,5-6,12H2,1H3;1H. The highest BCUT2D eigenvalue weighted by Gasteiger charge is 2.24. The van der Waals surface area contributed by atoms with Crippen molar-refractivity contribution >= 4 is 29.7 Å². The molecule has 17 heavy (non-hydrogen) atoms. The van der Waals surface area contributed by atoms with Crippen LogP contribution in [0.3, 0.4) is 0 Å². The number of halogens is 1. The number of likely N-dealkylation sites (tertiary alicyclic amines) is 1. The lowest BCUT2D eigenvalue weighted by Gasteiger charge is -2.29. The number of ether oxygens (including phenoxy) is 1. The van der Waals surface area contributed by atoms with Gasteiger partial charge in [0.25, 0.3) is 5.91 Å². The molecule has 4 nitrogen and oxygen atoms in total. The molecule has 0 aliphatic carbocycles. The summed E-state index contributed by atoms with van der Waals surface area (Å²) in [5.74, 6) is 0.739. The van der Waals surface area contributed by atoms with Crippen LogP contribution in [0, 0.1) is 0 Å². The van der Waals surface area contributed by atoms with E-state index in [4.69, 9.17) is 10.5 Å². The Kier molecular flexibility index (Phi) is 5.24. The first-order chi connectivity index (χ1) is 7.72. The number of methoxy groups -OCH3 is 1. The molecule has 1 amide bonds. The van der Waals surface area contributed by atoms with Crippen molar-refractivity contribution in [2.45, 2.75) is 18.9 Å². The molecular weight excluding hydrogens is 260 g/mol. The van der Waals surface area contributed by atoms with Crippen LogP contribution < -0.4 is 10.5 Å². The summed E-state index contributed by atoms with van der Waals surface area (Å²) in [6.45, 7) is 1.50. The van der Waals surface area contributed by atoms with Crippen LogP contribution in [0.4, 0.5) is 0 Å². The van der Waals surface area contributed by atoms with E-state index in [-0.39, 0.29) is 24.4 Å². The lowest BCUT2D eigenvalue weighted by molar-refractivity contribution is 0.0716. The number of hydrogen-bond acceptors (Lipinski definition) is 4. The molecule has 6 heteroatoms. The van der Waals surface area contributed by atoms with Crippen LogP contribution in [-0.4, -0.2) is 37.0 Å². The van der Waals surface area contributed by atoms with E-state index in [1.165, 1.54) is 11.3 Å². The molecule has 1 fully saturated rings. The number of amides is 1. The van der Waals surface area contributed by atoms with E-state index in [2.05, 4.69) is 0 Å². The van der Waals surface area contributed by atoms with Crippen molar-refractivity contribution in [1.82, 2.24) is 4.90 Å². The predicted molar refractivity (Wildman–Crippen MR) is 71.2 cm³/mol. The van der Waals surface area contributed by atoms with Crippen LogP contribution in [0.15, 0.2) is 11.4 Å². The highest BCUT2D eigenvalue weighted by molar-refractivity contribution is 7.12. The van der Waals surface area contributed by atoms with E-state index in [1.807, 2.05) is 16.3 Å². The Morgan fingerprint density at radius 1 is 1.53 bits per heavy atom. The van der Waals surface area contributed by atoms with Crippen LogP contribution in [0.5, 0.6) is 5.75 Å². The van der Waals surface area contributed by atoms with E-state index in [1.54, 1.807) is 7.11 Å². The lowest BCUT2D eigenvalue weighted by atomic mass is 10.1. The minimum Gasteiger partial charge on any atom is -0.495 e. The summed E-state index contributed by atoms with van der Waals surface area (Å²) >= 11 is 1.43. The molecule has 0 radical (unpaired) electrons. The Bertz CT molecular complexity index is 375. The molecule has 2 N–H and O–H groups in total. The fourth-order valence-corrected chi connectivity index (χ4v) is 2.69. The Morgan fingerprint density at radius 2 is 2.18 bits per heavy atom. The second-order valence-corrected chi connectivity index (χ2v) is 4.86. The molecule has 2 rings (SSSR count). The van der Waals surface area contributed by atoms with Gasteiger partial charge in [-0.1, -0.05) is 0 Å². The molecule has 0 aromatic carbocycles. The topological polar surface area (TPSA) is 55.6 Å². The highest BCUT2D eigenvalue weighted by atomic mass is 35.5. The number of carbonyl (C=O) groups excluding carboxylic acids is 1. The molecule has 0 saturated carbocycles. The van der Waals surface area contributed by atoms with E-state index in [0.29, 0.717) is 10.6 Å². The molecular formula is C11H17ClN2O2S. The molecule has 0 atom stereocenters. The van der Waals surface area contributed by atoms with E-state index in [0.717, 1.165) is 25.9 Å². The van der Waals surface area contributed by atoms with Crippen molar-refractivity contribution in [2.24, 2.45) is 5.73 Å². The molecule has 1 aromatic heterocycles. The third-order valence-corrected chi connectivity index (χ3v) is 3.75. The van der Waals surface area contributed by atoms with Gasteiger partial charge in [0.1, 0.15) is 10.6 Å². The van der Waals surface area contributed by atoms with E-state index >= 15 is 0 Å². The summed E-state index contributed by atoms with van der Waals surface area (Å²) in [4.78, 5) is 14.7. The molecule has 1 aliphatic heterocycles. The molecule has 0 bridgehead atoms. The Labute approximate surface area is 111 Å². The maximum Gasteiger partial charge on any atom is 0.267 e. The van der Waals surface area contributed by atoms with Gasteiger partial charge in [0, 0.05) is 19.1 Å². The number of nitrogens with two attached hydrogens (primary N) is 1. The fraction of sp³-hybridized carbons (Fsp3) is 0.545. The highest BCUT2D eigenvalue weighted by Crippen LogP contribution is 2.26. The van der Waals surface area contributed by atoms with Gasteiger partial charge in [-0.05, 0) is 24.3 Å². The molecule has 2 heterocycles. The second-order valence-electron chi connectivity index (χ2n) is 3.95.